The second-order valence-corrected chi connectivity index (χ2v) is 3.31. The van der Waals surface area contributed by atoms with Gasteiger partial charge in [-0.3, -0.25) is 4.79 Å². The second kappa shape index (κ2) is 8.97. The SMILES string of the molecule is CCCNC(=O)C(C)NCCCOC. The maximum atomic E-state index is 11.4. The van der Waals surface area contributed by atoms with Crippen LogP contribution >= 0.6 is 0 Å². The summed E-state index contributed by atoms with van der Waals surface area (Å²) >= 11 is 0. The number of hydrogen-bond acceptors (Lipinski definition) is 3. The van der Waals surface area contributed by atoms with Crippen molar-refractivity contribution in [3.63, 3.8) is 0 Å². The molecule has 14 heavy (non-hydrogen) atoms. The van der Waals surface area contributed by atoms with Crippen molar-refractivity contribution in [1.29, 1.82) is 0 Å². The smallest absolute Gasteiger partial charge is 0.236 e. The average molecular weight is 202 g/mol. The van der Waals surface area contributed by atoms with Crippen LogP contribution in [-0.2, 0) is 9.53 Å². The third-order valence-corrected chi connectivity index (χ3v) is 1.92. The van der Waals surface area contributed by atoms with Crippen molar-refractivity contribution in [1.82, 2.24) is 10.6 Å². The van der Waals surface area contributed by atoms with Gasteiger partial charge in [0.1, 0.15) is 0 Å². The number of carbonyl (C=O) groups is 1. The minimum Gasteiger partial charge on any atom is -0.385 e. The molecule has 0 spiro atoms. The maximum Gasteiger partial charge on any atom is 0.236 e. The van der Waals surface area contributed by atoms with Crippen molar-refractivity contribution in [2.24, 2.45) is 0 Å². The zero-order chi connectivity index (χ0) is 10.8. The Kier molecular flexibility index (Phi) is 8.57. The molecule has 0 aliphatic heterocycles. The van der Waals surface area contributed by atoms with Crippen molar-refractivity contribution < 1.29 is 9.53 Å². The number of ether oxygens (including phenoxy) is 1. The Hall–Kier alpha value is -0.610. The van der Waals surface area contributed by atoms with Gasteiger partial charge in [-0.2, -0.15) is 0 Å². The Balaban J connectivity index is 3.42. The molecular weight excluding hydrogens is 180 g/mol. The topological polar surface area (TPSA) is 50.4 Å². The van der Waals surface area contributed by atoms with Gasteiger partial charge in [0.25, 0.3) is 0 Å². The van der Waals surface area contributed by atoms with Gasteiger partial charge in [0, 0.05) is 20.3 Å². The minimum atomic E-state index is -0.113. The molecule has 84 valence electrons. The van der Waals surface area contributed by atoms with Crippen molar-refractivity contribution in [3.8, 4) is 0 Å². The molecule has 1 atom stereocenters. The molecule has 0 aromatic carbocycles. The van der Waals surface area contributed by atoms with Gasteiger partial charge < -0.3 is 15.4 Å². The molecule has 0 aromatic rings. The van der Waals surface area contributed by atoms with E-state index >= 15 is 0 Å². The van der Waals surface area contributed by atoms with Crippen molar-refractivity contribution >= 4 is 5.91 Å². The lowest BCUT2D eigenvalue weighted by molar-refractivity contribution is -0.122. The summed E-state index contributed by atoms with van der Waals surface area (Å²) in [6.07, 6.45) is 1.91. The first-order valence-corrected chi connectivity index (χ1v) is 5.22. The molecule has 0 aliphatic carbocycles. The van der Waals surface area contributed by atoms with E-state index in [1.165, 1.54) is 0 Å². The predicted octanol–water partition coefficient (Wildman–Crippen LogP) is 0.527. The zero-order valence-electron chi connectivity index (χ0n) is 9.43. The molecule has 1 amide bonds. The Morgan fingerprint density at radius 1 is 1.43 bits per heavy atom. The quantitative estimate of drug-likeness (QED) is 0.564. The zero-order valence-corrected chi connectivity index (χ0v) is 9.43. The molecule has 4 nitrogen and oxygen atoms in total. The number of amides is 1. The Bertz CT molecular complexity index is 151. The first kappa shape index (κ1) is 13.4. The lowest BCUT2D eigenvalue weighted by Gasteiger charge is -2.13. The lowest BCUT2D eigenvalue weighted by atomic mass is 10.3. The molecule has 0 heterocycles. The number of carbonyl (C=O) groups excluding carboxylic acids is 1. The summed E-state index contributed by atoms with van der Waals surface area (Å²) in [5, 5.41) is 5.97. The summed E-state index contributed by atoms with van der Waals surface area (Å²) in [6, 6.07) is -0.113. The van der Waals surface area contributed by atoms with Gasteiger partial charge >= 0.3 is 0 Å². The van der Waals surface area contributed by atoms with Crippen LogP contribution in [0.4, 0.5) is 0 Å². The molecule has 1 unspecified atom stereocenters. The fourth-order valence-electron chi connectivity index (χ4n) is 1.03. The molecule has 0 bridgehead atoms. The molecule has 0 aromatic heterocycles. The Labute approximate surface area is 86.4 Å². The molecule has 4 heteroatoms. The highest BCUT2D eigenvalue weighted by Gasteiger charge is 2.09. The largest absolute Gasteiger partial charge is 0.385 e. The summed E-state index contributed by atoms with van der Waals surface area (Å²) in [5.41, 5.74) is 0. The van der Waals surface area contributed by atoms with E-state index in [0.717, 1.165) is 32.5 Å². The van der Waals surface area contributed by atoms with E-state index in [1.54, 1.807) is 7.11 Å². The molecule has 0 aliphatic rings. The van der Waals surface area contributed by atoms with Gasteiger partial charge in [-0.25, -0.2) is 0 Å². The van der Waals surface area contributed by atoms with E-state index in [4.69, 9.17) is 4.74 Å². The van der Waals surface area contributed by atoms with Gasteiger partial charge in [0.05, 0.1) is 6.04 Å². The Morgan fingerprint density at radius 2 is 2.14 bits per heavy atom. The van der Waals surface area contributed by atoms with Gasteiger partial charge in [-0.05, 0) is 26.3 Å². The van der Waals surface area contributed by atoms with E-state index in [-0.39, 0.29) is 11.9 Å². The standard InChI is InChI=1S/C10H22N2O2/c1-4-6-12-10(13)9(2)11-7-5-8-14-3/h9,11H,4-8H2,1-3H3,(H,12,13). The van der Waals surface area contributed by atoms with Crippen LogP contribution in [0.1, 0.15) is 26.7 Å². The van der Waals surface area contributed by atoms with Crippen LogP contribution < -0.4 is 10.6 Å². The summed E-state index contributed by atoms with van der Waals surface area (Å²) in [4.78, 5) is 11.4. The van der Waals surface area contributed by atoms with Crippen molar-refractivity contribution in [2.45, 2.75) is 32.7 Å². The maximum absolute atomic E-state index is 11.4. The lowest BCUT2D eigenvalue weighted by Crippen LogP contribution is -2.42. The third-order valence-electron chi connectivity index (χ3n) is 1.92. The van der Waals surface area contributed by atoms with Crippen LogP contribution in [0.15, 0.2) is 0 Å². The van der Waals surface area contributed by atoms with E-state index in [2.05, 4.69) is 10.6 Å². The van der Waals surface area contributed by atoms with Crippen LogP contribution in [0.25, 0.3) is 0 Å². The van der Waals surface area contributed by atoms with Gasteiger partial charge in [0.2, 0.25) is 5.91 Å². The first-order valence-electron chi connectivity index (χ1n) is 5.22. The van der Waals surface area contributed by atoms with Crippen molar-refractivity contribution in [3.05, 3.63) is 0 Å². The molecule has 2 N–H and O–H groups in total. The van der Waals surface area contributed by atoms with Crippen LogP contribution in [0.3, 0.4) is 0 Å². The first-order chi connectivity index (χ1) is 6.72. The second-order valence-electron chi connectivity index (χ2n) is 3.31. The predicted molar refractivity (Wildman–Crippen MR) is 57.3 cm³/mol. The molecule has 0 fully saturated rings. The summed E-state index contributed by atoms with van der Waals surface area (Å²) < 4.78 is 4.91. The van der Waals surface area contributed by atoms with E-state index < -0.39 is 0 Å². The number of nitrogens with one attached hydrogen (secondary N) is 2. The molecule has 0 radical (unpaired) electrons. The van der Waals surface area contributed by atoms with E-state index in [1.807, 2.05) is 13.8 Å². The monoisotopic (exact) mass is 202 g/mol. The number of hydrogen-bond donors (Lipinski definition) is 2. The van der Waals surface area contributed by atoms with Crippen LogP contribution in [0, 0.1) is 0 Å². The number of methoxy groups -OCH3 is 1. The van der Waals surface area contributed by atoms with Crippen LogP contribution in [0.5, 0.6) is 0 Å². The third kappa shape index (κ3) is 6.86. The molecule has 0 rings (SSSR count). The highest BCUT2D eigenvalue weighted by Crippen LogP contribution is 1.84. The highest BCUT2D eigenvalue weighted by atomic mass is 16.5. The fourth-order valence-corrected chi connectivity index (χ4v) is 1.03. The van der Waals surface area contributed by atoms with Crippen LogP contribution in [-0.4, -0.2) is 38.8 Å². The van der Waals surface area contributed by atoms with E-state index in [9.17, 15) is 4.79 Å². The average Bonchev–Trinajstić information content (AvgIpc) is 2.20. The highest BCUT2D eigenvalue weighted by molar-refractivity contribution is 5.81. The molecule has 0 saturated heterocycles. The summed E-state index contributed by atoms with van der Waals surface area (Å²) in [7, 11) is 1.68. The van der Waals surface area contributed by atoms with Gasteiger partial charge in [0.15, 0.2) is 0 Å². The van der Waals surface area contributed by atoms with Crippen molar-refractivity contribution in [2.75, 3.05) is 26.8 Å². The van der Waals surface area contributed by atoms with Gasteiger partial charge in [-0.1, -0.05) is 6.92 Å². The normalized spacial score (nSPS) is 12.5. The molecule has 0 saturated carbocycles. The van der Waals surface area contributed by atoms with Gasteiger partial charge in [-0.15, -0.1) is 0 Å². The number of rotatable bonds is 8. The molecular formula is C10H22N2O2. The summed E-state index contributed by atoms with van der Waals surface area (Å²) in [6.45, 7) is 6.21. The van der Waals surface area contributed by atoms with Crippen LogP contribution in [0.2, 0.25) is 0 Å². The van der Waals surface area contributed by atoms with E-state index in [0.29, 0.717) is 0 Å². The summed E-state index contributed by atoms with van der Waals surface area (Å²) in [5.74, 6) is 0.0734. The minimum absolute atomic E-state index is 0.0734. The fraction of sp³-hybridized carbons (Fsp3) is 0.900. The Morgan fingerprint density at radius 3 is 2.71 bits per heavy atom.